The molecule has 0 saturated heterocycles. The first-order valence-electron chi connectivity index (χ1n) is 19.2. The second-order valence-electron chi connectivity index (χ2n) is 13.6. The average molecular weight is 583 g/mol. The van der Waals surface area contributed by atoms with Crippen molar-refractivity contribution in [3.8, 4) is 0 Å². The Morgan fingerprint density at radius 3 is 0.690 bits per heavy atom. The van der Waals surface area contributed by atoms with Crippen molar-refractivity contribution in [1.82, 2.24) is 0 Å². The van der Waals surface area contributed by atoms with Gasteiger partial charge in [0.25, 0.3) is 0 Å². The zero-order valence-electron chi connectivity index (χ0n) is 29.0. The maximum Gasteiger partial charge on any atom is -0.0297 e. The molecule has 0 amide bonds. The van der Waals surface area contributed by atoms with Crippen LogP contribution in [0.3, 0.4) is 0 Å². The van der Waals surface area contributed by atoms with E-state index in [-0.39, 0.29) is 0 Å². The van der Waals surface area contributed by atoms with Crippen molar-refractivity contribution in [3.05, 3.63) is 50.6 Å². The molecule has 0 saturated carbocycles. The van der Waals surface area contributed by atoms with Crippen LogP contribution in [0.15, 0.2) is 50.6 Å². The lowest BCUT2D eigenvalue weighted by molar-refractivity contribution is 0.174. The van der Waals surface area contributed by atoms with Crippen LogP contribution in [0, 0.1) is 5.41 Å². The molecule has 1 atom stereocenters. The normalized spacial score (nSPS) is 12.7. The van der Waals surface area contributed by atoms with Gasteiger partial charge in [0.2, 0.25) is 0 Å². The Balaban J connectivity index is 4.56. The highest BCUT2D eigenvalue weighted by Gasteiger charge is 2.28. The third kappa shape index (κ3) is 29.1. The van der Waals surface area contributed by atoms with E-state index in [1.165, 1.54) is 212 Å². The summed E-state index contributed by atoms with van der Waals surface area (Å²) in [5.74, 6) is 0. The van der Waals surface area contributed by atoms with Gasteiger partial charge in [-0.05, 0) is 82.5 Å². The first-order valence-corrected chi connectivity index (χ1v) is 19.2. The summed E-state index contributed by atoms with van der Waals surface area (Å²) in [6.07, 6.45) is 54.5. The minimum absolute atomic E-state index is 0.599. The second kappa shape index (κ2) is 34.5. The lowest BCUT2D eigenvalue weighted by Crippen LogP contribution is -2.21. The molecule has 0 aliphatic rings. The molecule has 0 bridgehead atoms. The van der Waals surface area contributed by atoms with E-state index in [0.717, 1.165) is 0 Å². The zero-order valence-corrected chi connectivity index (χ0v) is 29.0. The molecule has 0 spiro atoms. The van der Waals surface area contributed by atoms with E-state index < -0.39 is 0 Å². The van der Waals surface area contributed by atoms with Crippen LogP contribution in [0.2, 0.25) is 0 Å². The molecule has 0 heterocycles. The smallest absolute Gasteiger partial charge is 0.0297 e. The van der Waals surface area contributed by atoms with Crippen LogP contribution in [0.25, 0.3) is 0 Å². The lowest BCUT2D eigenvalue weighted by atomic mass is 9.70. The lowest BCUT2D eigenvalue weighted by Gasteiger charge is -2.35. The van der Waals surface area contributed by atoms with Crippen molar-refractivity contribution < 1.29 is 0 Å². The molecular formula is C42H78. The van der Waals surface area contributed by atoms with Gasteiger partial charge in [-0.1, -0.05) is 159 Å². The Morgan fingerprint density at radius 2 is 0.429 bits per heavy atom. The maximum absolute atomic E-state index is 4.05. The highest BCUT2D eigenvalue weighted by Crippen LogP contribution is 2.42. The van der Waals surface area contributed by atoms with Crippen molar-refractivity contribution in [3.63, 3.8) is 0 Å². The van der Waals surface area contributed by atoms with Gasteiger partial charge in [0, 0.05) is 0 Å². The Morgan fingerprint density at radius 1 is 0.238 bits per heavy atom. The number of allylic oxidation sites excluding steroid dienone is 4. The number of rotatable bonds is 37. The maximum atomic E-state index is 4.05. The Hall–Kier alpha value is -1.04. The fourth-order valence-electron chi connectivity index (χ4n) is 6.92. The average Bonchev–Trinajstić information content (AvgIpc) is 3.00. The molecule has 0 nitrogen and oxygen atoms in total. The summed E-state index contributed by atoms with van der Waals surface area (Å²) >= 11 is 0. The van der Waals surface area contributed by atoms with Gasteiger partial charge in [-0.2, -0.15) is 0 Å². The van der Waals surface area contributed by atoms with Gasteiger partial charge in [0.1, 0.15) is 0 Å². The molecule has 0 radical (unpaired) electrons. The molecule has 1 unspecified atom stereocenters. The summed E-state index contributed by atoms with van der Waals surface area (Å²) in [6, 6.07) is 0. The van der Waals surface area contributed by atoms with E-state index in [4.69, 9.17) is 0 Å². The van der Waals surface area contributed by atoms with Crippen LogP contribution in [0.1, 0.15) is 212 Å². The molecule has 246 valence electrons. The summed E-state index contributed by atoms with van der Waals surface area (Å²) in [5.41, 5.74) is 0.599. The van der Waals surface area contributed by atoms with Gasteiger partial charge >= 0.3 is 0 Å². The molecule has 0 aliphatic heterocycles. The summed E-state index contributed by atoms with van der Waals surface area (Å²) in [6.45, 7) is 15.6. The van der Waals surface area contributed by atoms with E-state index in [1.807, 2.05) is 0 Å². The van der Waals surface area contributed by atoms with Gasteiger partial charge in [-0.25, -0.2) is 0 Å². The zero-order chi connectivity index (χ0) is 30.7. The van der Waals surface area contributed by atoms with Gasteiger partial charge < -0.3 is 0 Å². The molecule has 0 N–H and O–H groups in total. The first kappa shape index (κ1) is 41.0. The molecule has 0 aromatic carbocycles. The standard InChI is InChI=1S/C42H78/c1-5-9-13-16-19-22-24-25-27-30-33-37-41-42(38-34-12-8-4,39-35-31-28-21-18-15-11-7-3)40-36-32-29-26-23-20-17-14-10-6-2/h5-8H,1-4,9-41H2. The predicted octanol–water partition coefficient (Wildman–Crippen LogP) is 15.6. The van der Waals surface area contributed by atoms with Gasteiger partial charge in [0.15, 0.2) is 0 Å². The minimum atomic E-state index is 0.599. The van der Waals surface area contributed by atoms with Crippen LogP contribution in [-0.2, 0) is 0 Å². The fourth-order valence-corrected chi connectivity index (χ4v) is 6.92. The Bertz CT molecular complexity index is 571. The number of unbranched alkanes of at least 4 members (excludes halogenated alkanes) is 25. The van der Waals surface area contributed by atoms with E-state index in [2.05, 4.69) is 50.6 Å². The molecule has 0 fully saturated rings. The van der Waals surface area contributed by atoms with Crippen LogP contribution in [-0.4, -0.2) is 0 Å². The molecule has 0 heteroatoms. The van der Waals surface area contributed by atoms with Gasteiger partial charge in [0.05, 0.1) is 0 Å². The predicted molar refractivity (Wildman–Crippen MR) is 196 cm³/mol. The molecule has 0 rings (SSSR count). The molecule has 0 aliphatic carbocycles. The first-order chi connectivity index (χ1) is 20.7. The van der Waals surface area contributed by atoms with Crippen molar-refractivity contribution in [1.29, 1.82) is 0 Å². The fraction of sp³-hybridized carbons (Fsp3) is 0.810. The van der Waals surface area contributed by atoms with E-state index in [0.29, 0.717) is 5.41 Å². The minimum Gasteiger partial charge on any atom is -0.103 e. The molecule has 42 heavy (non-hydrogen) atoms. The highest BCUT2D eigenvalue weighted by molar-refractivity contribution is 4.82. The van der Waals surface area contributed by atoms with Crippen LogP contribution in [0.5, 0.6) is 0 Å². The van der Waals surface area contributed by atoms with Crippen molar-refractivity contribution in [2.75, 3.05) is 0 Å². The van der Waals surface area contributed by atoms with E-state index >= 15 is 0 Å². The summed E-state index contributed by atoms with van der Waals surface area (Å²) in [7, 11) is 0. The molecular weight excluding hydrogens is 504 g/mol. The second-order valence-corrected chi connectivity index (χ2v) is 13.6. The van der Waals surface area contributed by atoms with Crippen LogP contribution < -0.4 is 0 Å². The highest BCUT2D eigenvalue weighted by atomic mass is 14.3. The summed E-state index contributed by atoms with van der Waals surface area (Å²) < 4.78 is 0. The van der Waals surface area contributed by atoms with Crippen molar-refractivity contribution in [2.45, 2.75) is 212 Å². The summed E-state index contributed by atoms with van der Waals surface area (Å²) in [5, 5.41) is 0. The quantitative estimate of drug-likeness (QED) is 0.0505. The third-order valence-electron chi connectivity index (χ3n) is 9.71. The van der Waals surface area contributed by atoms with Crippen molar-refractivity contribution >= 4 is 0 Å². The monoisotopic (exact) mass is 583 g/mol. The van der Waals surface area contributed by atoms with E-state index in [1.54, 1.807) is 0 Å². The van der Waals surface area contributed by atoms with Crippen molar-refractivity contribution in [2.24, 2.45) is 5.41 Å². The number of hydrogen-bond acceptors (Lipinski definition) is 0. The van der Waals surface area contributed by atoms with Gasteiger partial charge in [-0.3, -0.25) is 0 Å². The largest absolute Gasteiger partial charge is 0.103 e. The number of hydrogen-bond donors (Lipinski definition) is 0. The SMILES string of the molecule is C=CCCCCCCCCCCCCC(CCCC=C)(CCCCCCCCC=C)CCCCCCCCCCC=C. The Labute approximate surface area is 267 Å². The van der Waals surface area contributed by atoms with Gasteiger partial charge in [-0.15, -0.1) is 26.3 Å². The topological polar surface area (TPSA) is 0 Å². The third-order valence-corrected chi connectivity index (χ3v) is 9.71. The molecule has 0 aromatic rings. The summed E-state index contributed by atoms with van der Waals surface area (Å²) in [4.78, 5) is 0. The van der Waals surface area contributed by atoms with E-state index in [9.17, 15) is 0 Å². The molecule has 0 aromatic heterocycles. The Kier molecular flexibility index (Phi) is 33.6. The van der Waals surface area contributed by atoms with Crippen LogP contribution in [0.4, 0.5) is 0 Å². The van der Waals surface area contributed by atoms with Crippen LogP contribution >= 0.6 is 0 Å².